The van der Waals surface area contributed by atoms with Crippen LogP contribution in [0.25, 0.3) is 0 Å². The molecule has 1 unspecified atom stereocenters. The average Bonchev–Trinajstić information content (AvgIpc) is 2.26. The number of aliphatic hydroxyl groups excluding tert-OH is 1. The van der Waals surface area contributed by atoms with Gasteiger partial charge in [-0.15, -0.1) is 0 Å². The highest BCUT2D eigenvalue weighted by Gasteiger charge is 2.10. The van der Waals surface area contributed by atoms with Gasteiger partial charge in [0.1, 0.15) is 12.4 Å². The summed E-state index contributed by atoms with van der Waals surface area (Å²) in [5.74, 6) is 1.24. The van der Waals surface area contributed by atoms with Crippen LogP contribution in [0.1, 0.15) is 25.3 Å². The van der Waals surface area contributed by atoms with Gasteiger partial charge in [-0.3, -0.25) is 0 Å². The molecule has 0 saturated carbocycles. The third kappa shape index (κ3) is 4.07. The summed E-state index contributed by atoms with van der Waals surface area (Å²) in [6, 6.07) is 5.93. The van der Waals surface area contributed by atoms with E-state index in [1.165, 1.54) is 0 Å². The van der Waals surface area contributed by atoms with Gasteiger partial charge >= 0.3 is 0 Å². The van der Waals surface area contributed by atoms with Crippen molar-refractivity contribution in [2.24, 2.45) is 0 Å². The molecular weight excluding hydrogens is 336 g/mol. The second kappa shape index (κ2) is 6.62. The Bertz CT molecular complexity index is 340. The van der Waals surface area contributed by atoms with Crippen LogP contribution in [0.5, 0.6) is 5.75 Å². The van der Waals surface area contributed by atoms with Crippen LogP contribution in [0.15, 0.2) is 22.7 Å². The number of alkyl halides is 1. The summed E-state index contributed by atoms with van der Waals surface area (Å²) in [7, 11) is 0. The van der Waals surface area contributed by atoms with Crippen molar-refractivity contribution >= 4 is 31.9 Å². The number of ether oxygens (including phenoxy) is 1. The minimum absolute atomic E-state index is 0.312. The molecule has 1 atom stereocenters. The van der Waals surface area contributed by atoms with Crippen molar-refractivity contribution in [3.8, 4) is 5.75 Å². The summed E-state index contributed by atoms with van der Waals surface area (Å²) in [5, 5.41) is 9.95. The maximum atomic E-state index is 9.42. The monoisotopic (exact) mass is 350 g/mol. The molecule has 0 fully saturated rings. The first-order chi connectivity index (χ1) is 7.54. The second-order valence-corrected chi connectivity index (χ2v) is 5.52. The summed E-state index contributed by atoms with van der Waals surface area (Å²) >= 11 is 6.66. The minimum Gasteiger partial charge on any atom is -0.491 e. The van der Waals surface area contributed by atoms with E-state index in [2.05, 4.69) is 51.8 Å². The van der Waals surface area contributed by atoms with Gasteiger partial charge in [-0.2, -0.15) is 0 Å². The number of rotatable bonds is 5. The van der Waals surface area contributed by atoms with E-state index < -0.39 is 6.10 Å². The summed E-state index contributed by atoms with van der Waals surface area (Å²) in [6.07, 6.45) is -0.469. The van der Waals surface area contributed by atoms with Gasteiger partial charge in [-0.25, -0.2) is 0 Å². The summed E-state index contributed by atoms with van der Waals surface area (Å²) in [6.45, 7) is 4.55. The summed E-state index contributed by atoms with van der Waals surface area (Å²) < 4.78 is 6.65. The normalized spacial score (nSPS) is 12.9. The van der Waals surface area contributed by atoms with Crippen molar-refractivity contribution in [1.82, 2.24) is 0 Å². The quantitative estimate of drug-likeness (QED) is 0.819. The second-order valence-electron chi connectivity index (χ2n) is 3.96. The molecule has 1 aromatic rings. The van der Waals surface area contributed by atoms with Gasteiger partial charge in [-0.1, -0.05) is 45.7 Å². The standard InChI is InChI=1S/C12H16Br2O2/c1-8(2)11-5-9(14)3-4-12(11)16-7-10(15)6-13/h3-5,8,10,15H,6-7H2,1-2H3. The molecule has 0 aromatic heterocycles. The Labute approximate surface area is 113 Å². The number of halogens is 2. The fourth-order valence-corrected chi connectivity index (χ4v) is 1.90. The lowest BCUT2D eigenvalue weighted by atomic mass is 10.0. The molecule has 1 aromatic carbocycles. The molecule has 4 heteroatoms. The molecule has 0 amide bonds. The number of benzene rings is 1. The molecule has 0 heterocycles. The van der Waals surface area contributed by atoms with Gasteiger partial charge in [0.05, 0.1) is 6.10 Å². The Kier molecular flexibility index (Phi) is 5.79. The van der Waals surface area contributed by atoms with Crippen LogP contribution in [-0.2, 0) is 0 Å². The largest absolute Gasteiger partial charge is 0.491 e. The number of hydrogen-bond acceptors (Lipinski definition) is 2. The van der Waals surface area contributed by atoms with Gasteiger partial charge in [0.15, 0.2) is 0 Å². The lowest BCUT2D eigenvalue weighted by molar-refractivity contribution is 0.126. The van der Waals surface area contributed by atoms with E-state index in [-0.39, 0.29) is 0 Å². The lowest BCUT2D eigenvalue weighted by Crippen LogP contribution is -2.19. The van der Waals surface area contributed by atoms with Crippen LogP contribution >= 0.6 is 31.9 Å². The predicted octanol–water partition coefficient (Wildman–Crippen LogP) is 3.71. The molecule has 0 saturated heterocycles. The number of aliphatic hydroxyl groups is 1. The maximum absolute atomic E-state index is 9.42. The van der Waals surface area contributed by atoms with E-state index in [0.717, 1.165) is 15.8 Å². The third-order valence-electron chi connectivity index (χ3n) is 2.20. The zero-order valence-electron chi connectivity index (χ0n) is 9.41. The molecule has 0 bridgehead atoms. The molecule has 90 valence electrons. The van der Waals surface area contributed by atoms with E-state index in [1.54, 1.807) is 0 Å². The molecule has 0 aliphatic carbocycles. The maximum Gasteiger partial charge on any atom is 0.122 e. The molecule has 1 N–H and O–H groups in total. The Hall–Kier alpha value is -0.0600. The van der Waals surface area contributed by atoms with Gasteiger partial charge in [0.25, 0.3) is 0 Å². The first-order valence-corrected chi connectivity index (χ1v) is 7.12. The van der Waals surface area contributed by atoms with Crippen LogP contribution in [0.2, 0.25) is 0 Å². The van der Waals surface area contributed by atoms with E-state index >= 15 is 0 Å². The molecule has 2 nitrogen and oxygen atoms in total. The minimum atomic E-state index is -0.469. The molecule has 16 heavy (non-hydrogen) atoms. The highest BCUT2D eigenvalue weighted by molar-refractivity contribution is 9.10. The molecule has 0 spiro atoms. The Morgan fingerprint density at radius 1 is 1.38 bits per heavy atom. The molecular formula is C12H16Br2O2. The first-order valence-electron chi connectivity index (χ1n) is 5.21. The first kappa shape index (κ1) is 14.0. The molecule has 0 aliphatic heterocycles. The van der Waals surface area contributed by atoms with Gasteiger partial charge in [-0.05, 0) is 29.7 Å². The van der Waals surface area contributed by atoms with E-state index in [9.17, 15) is 5.11 Å². The summed E-state index contributed by atoms with van der Waals surface area (Å²) in [5.41, 5.74) is 1.15. The molecule has 0 radical (unpaired) electrons. The Morgan fingerprint density at radius 2 is 2.06 bits per heavy atom. The SMILES string of the molecule is CC(C)c1cc(Br)ccc1OCC(O)CBr. The van der Waals surface area contributed by atoms with Crippen molar-refractivity contribution in [3.05, 3.63) is 28.2 Å². The van der Waals surface area contributed by atoms with Crippen molar-refractivity contribution in [2.75, 3.05) is 11.9 Å². The van der Waals surface area contributed by atoms with Crippen molar-refractivity contribution < 1.29 is 9.84 Å². The van der Waals surface area contributed by atoms with Crippen LogP contribution in [-0.4, -0.2) is 23.1 Å². The average molecular weight is 352 g/mol. The van der Waals surface area contributed by atoms with Crippen LogP contribution in [0, 0.1) is 0 Å². The highest BCUT2D eigenvalue weighted by atomic mass is 79.9. The van der Waals surface area contributed by atoms with E-state index in [0.29, 0.717) is 17.9 Å². The molecule has 1 rings (SSSR count). The van der Waals surface area contributed by atoms with Crippen LogP contribution in [0.3, 0.4) is 0 Å². The topological polar surface area (TPSA) is 29.5 Å². The molecule has 0 aliphatic rings. The van der Waals surface area contributed by atoms with Gasteiger partial charge in [0, 0.05) is 9.80 Å². The fraction of sp³-hybridized carbons (Fsp3) is 0.500. The van der Waals surface area contributed by atoms with Gasteiger partial charge in [0.2, 0.25) is 0 Å². The zero-order valence-corrected chi connectivity index (χ0v) is 12.6. The van der Waals surface area contributed by atoms with Gasteiger partial charge < -0.3 is 9.84 Å². The van der Waals surface area contributed by atoms with Crippen LogP contribution < -0.4 is 4.74 Å². The smallest absolute Gasteiger partial charge is 0.122 e. The van der Waals surface area contributed by atoms with E-state index in [1.807, 2.05) is 12.1 Å². The number of hydrogen-bond donors (Lipinski definition) is 1. The highest BCUT2D eigenvalue weighted by Crippen LogP contribution is 2.29. The lowest BCUT2D eigenvalue weighted by Gasteiger charge is -2.16. The zero-order chi connectivity index (χ0) is 12.1. The summed E-state index contributed by atoms with van der Waals surface area (Å²) in [4.78, 5) is 0. The predicted molar refractivity (Wildman–Crippen MR) is 73.5 cm³/mol. The van der Waals surface area contributed by atoms with Crippen molar-refractivity contribution in [3.63, 3.8) is 0 Å². The third-order valence-corrected chi connectivity index (χ3v) is 3.44. The Balaban J connectivity index is 2.78. The Morgan fingerprint density at radius 3 is 2.62 bits per heavy atom. The fourth-order valence-electron chi connectivity index (χ4n) is 1.33. The van der Waals surface area contributed by atoms with Crippen LogP contribution in [0.4, 0.5) is 0 Å². The van der Waals surface area contributed by atoms with Crippen molar-refractivity contribution in [1.29, 1.82) is 0 Å². The van der Waals surface area contributed by atoms with Crippen molar-refractivity contribution in [2.45, 2.75) is 25.9 Å². The van der Waals surface area contributed by atoms with E-state index in [4.69, 9.17) is 4.74 Å².